The van der Waals surface area contributed by atoms with Crippen LogP contribution in [0.2, 0.25) is 0 Å². The molecular weight excluding hydrogens is 344 g/mol. The number of amides is 1. The molecule has 0 atom stereocenters. The largest absolute Gasteiger partial charge is 0.497 e. The second-order valence-electron chi connectivity index (χ2n) is 6.65. The highest BCUT2D eigenvalue weighted by Gasteiger charge is 2.26. The van der Waals surface area contributed by atoms with Crippen LogP contribution in [0.15, 0.2) is 30.3 Å². The molecule has 27 heavy (non-hydrogen) atoms. The highest BCUT2D eigenvalue weighted by Crippen LogP contribution is 2.25. The Morgan fingerprint density at radius 2 is 1.89 bits per heavy atom. The second kappa shape index (κ2) is 8.75. The third kappa shape index (κ3) is 4.51. The molecule has 0 spiro atoms. The minimum atomic E-state index is -0.402. The maximum Gasteiger partial charge on any atom is 0.325 e. The minimum Gasteiger partial charge on any atom is -0.497 e. The van der Waals surface area contributed by atoms with Crippen LogP contribution in [-0.2, 0) is 9.53 Å². The fraction of sp³-hybridized carbons (Fsp3) is 0.429. The summed E-state index contributed by atoms with van der Waals surface area (Å²) in [4.78, 5) is 26.6. The normalized spacial score (nSPS) is 10.8. The fourth-order valence-corrected chi connectivity index (χ4v) is 3.12. The average molecular weight is 372 g/mol. The molecule has 0 saturated carbocycles. The van der Waals surface area contributed by atoms with Crippen LogP contribution in [0.3, 0.4) is 0 Å². The summed E-state index contributed by atoms with van der Waals surface area (Å²) >= 11 is 0. The lowest BCUT2D eigenvalue weighted by molar-refractivity contribution is -0.144. The van der Waals surface area contributed by atoms with E-state index in [1.807, 2.05) is 62.6 Å². The molecular formula is C21H28N2O4. The van der Waals surface area contributed by atoms with E-state index in [1.165, 1.54) is 4.90 Å². The zero-order chi connectivity index (χ0) is 20.1. The van der Waals surface area contributed by atoms with Crippen LogP contribution in [0.25, 0.3) is 5.69 Å². The van der Waals surface area contributed by atoms with Crippen molar-refractivity contribution in [3.63, 3.8) is 0 Å². The summed E-state index contributed by atoms with van der Waals surface area (Å²) in [6.45, 7) is 9.62. The van der Waals surface area contributed by atoms with Gasteiger partial charge in [0.1, 0.15) is 12.3 Å². The molecule has 0 N–H and O–H groups in total. The lowest BCUT2D eigenvalue weighted by Gasteiger charge is -2.25. The molecule has 6 heteroatoms. The van der Waals surface area contributed by atoms with E-state index < -0.39 is 5.97 Å². The molecule has 0 fully saturated rings. The van der Waals surface area contributed by atoms with Gasteiger partial charge in [0.25, 0.3) is 5.91 Å². The number of carbonyl (C=O) groups excluding carboxylic acids is 2. The molecule has 1 aromatic heterocycles. The van der Waals surface area contributed by atoms with E-state index in [1.54, 1.807) is 14.0 Å². The Bertz CT molecular complexity index is 824. The number of aromatic nitrogens is 1. The number of benzene rings is 1. The van der Waals surface area contributed by atoms with Crippen molar-refractivity contribution in [3.05, 3.63) is 47.3 Å². The molecule has 0 radical (unpaired) electrons. The van der Waals surface area contributed by atoms with Gasteiger partial charge >= 0.3 is 5.97 Å². The van der Waals surface area contributed by atoms with Gasteiger partial charge in [0.15, 0.2) is 0 Å². The molecule has 0 bridgehead atoms. The van der Waals surface area contributed by atoms with E-state index in [9.17, 15) is 9.59 Å². The maximum absolute atomic E-state index is 13.1. The summed E-state index contributed by atoms with van der Waals surface area (Å²) in [5.74, 6) is 0.167. The molecule has 146 valence electrons. The molecule has 1 heterocycles. The van der Waals surface area contributed by atoms with Crippen molar-refractivity contribution >= 4 is 11.9 Å². The number of rotatable bonds is 7. The topological polar surface area (TPSA) is 60.8 Å². The third-order valence-corrected chi connectivity index (χ3v) is 4.46. The Morgan fingerprint density at radius 3 is 2.48 bits per heavy atom. The molecule has 2 aromatic rings. The first-order valence-electron chi connectivity index (χ1n) is 9.10. The number of esters is 1. The molecule has 2 rings (SSSR count). The van der Waals surface area contributed by atoms with E-state index >= 15 is 0 Å². The first kappa shape index (κ1) is 20.6. The standard InChI is InChI=1S/C21H28N2O4/c1-7-27-20(24)13-22(14(2)3)21(25)19-11-15(4)23(16(19)5)17-9-8-10-18(12-17)26-6/h8-12,14H,7,13H2,1-6H3. The molecule has 0 unspecified atom stereocenters. The Hall–Kier alpha value is -2.76. The van der Waals surface area contributed by atoms with Crippen LogP contribution >= 0.6 is 0 Å². The van der Waals surface area contributed by atoms with E-state index in [0.29, 0.717) is 12.2 Å². The highest BCUT2D eigenvalue weighted by molar-refractivity contribution is 5.97. The van der Waals surface area contributed by atoms with Crippen LogP contribution in [0, 0.1) is 13.8 Å². The number of hydrogen-bond donors (Lipinski definition) is 0. The minimum absolute atomic E-state index is 0.0623. The maximum atomic E-state index is 13.1. The van der Waals surface area contributed by atoms with Gasteiger partial charge in [0, 0.05) is 29.2 Å². The summed E-state index contributed by atoms with van der Waals surface area (Å²) in [5, 5.41) is 0. The molecule has 6 nitrogen and oxygen atoms in total. The monoisotopic (exact) mass is 372 g/mol. The Balaban J connectivity index is 2.40. The first-order chi connectivity index (χ1) is 12.8. The Morgan fingerprint density at radius 1 is 1.19 bits per heavy atom. The lowest BCUT2D eigenvalue weighted by atomic mass is 10.2. The third-order valence-electron chi connectivity index (χ3n) is 4.46. The predicted octanol–water partition coefficient (Wildman–Crippen LogP) is 3.52. The molecule has 1 amide bonds. The fourth-order valence-electron chi connectivity index (χ4n) is 3.12. The van der Waals surface area contributed by atoms with Crippen LogP contribution in [0.4, 0.5) is 0 Å². The molecule has 0 aliphatic rings. The van der Waals surface area contributed by atoms with Crippen LogP contribution in [0.5, 0.6) is 5.75 Å². The SMILES string of the molecule is CCOC(=O)CN(C(=O)c1cc(C)n(-c2cccc(OC)c2)c1C)C(C)C. The number of aryl methyl sites for hydroxylation is 1. The van der Waals surface area contributed by atoms with Gasteiger partial charge in [-0.2, -0.15) is 0 Å². The molecule has 0 aliphatic carbocycles. The zero-order valence-corrected chi connectivity index (χ0v) is 16.9. The van der Waals surface area contributed by atoms with Gasteiger partial charge in [-0.3, -0.25) is 9.59 Å². The van der Waals surface area contributed by atoms with Gasteiger partial charge in [-0.05, 0) is 52.8 Å². The summed E-state index contributed by atoms with van der Waals surface area (Å²) in [5.41, 5.74) is 3.25. The van der Waals surface area contributed by atoms with Gasteiger partial charge in [0.2, 0.25) is 0 Å². The van der Waals surface area contributed by atoms with Gasteiger partial charge in [-0.1, -0.05) is 6.07 Å². The first-order valence-corrected chi connectivity index (χ1v) is 9.10. The van der Waals surface area contributed by atoms with Gasteiger partial charge in [0.05, 0.1) is 19.3 Å². The average Bonchev–Trinajstić information content (AvgIpc) is 2.93. The van der Waals surface area contributed by atoms with Gasteiger partial charge < -0.3 is 18.9 Å². The lowest BCUT2D eigenvalue weighted by Crippen LogP contribution is -2.41. The molecule has 1 aromatic carbocycles. The van der Waals surface area contributed by atoms with Crippen LogP contribution in [0.1, 0.15) is 42.5 Å². The van der Waals surface area contributed by atoms with Gasteiger partial charge in [-0.15, -0.1) is 0 Å². The molecule has 0 saturated heterocycles. The smallest absolute Gasteiger partial charge is 0.325 e. The number of nitrogens with zero attached hydrogens (tertiary/aromatic N) is 2. The Kier molecular flexibility index (Phi) is 6.66. The predicted molar refractivity (Wildman–Crippen MR) is 105 cm³/mol. The van der Waals surface area contributed by atoms with Crippen molar-refractivity contribution < 1.29 is 19.1 Å². The number of ether oxygens (including phenoxy) is 2. The number of carbonyl (C=O) groups is 2. The number of methoxy groups -OCH3 is 1. The second-order valence-corrected chi connectivity index (χ2v) is 6.65. The summed E-state index contributed by atoms with van der Waals surface area (Å²) in [7, 11) is 1.62. The summed E-state index contributed by atoms with van der Waals surface area (Å²) < 4.78 is 12.3. The van der Waals surface area contributed by atoms with Crippen molar-refractivity contribution in [2.24, 2.45) is 0 Å². The zero-order valence-electron chi connectivity index (χ0n) is 16.9. The van der Waals surface area contributed by atoms with Crippen molar-refractivity contribution in [2.45, 2.75) is 40.7 Å². The number of hydrogen-bond acceptors (Lipinski definition) is 4. The van der Waals surface area contributed by atoms with E-state index in [4.69, 9.17) is 9.47 Å². The van der Waals surface area contributed by atoms with E-state index in [0.717, 1.165) is 22.8 Å². The van der Waals surface area contributed by atoms with E-state index in [2.05, 4.69) is 0 Å². The summed E-state index contributed by atoms with van der Waals surface area (Å²) in [6, 6.07) is 9.42. The van der Waals surface area contributed by atoms with E-state index in [-0.39, 0.29) is 18.5 Å². The van der Waals surface area contributed by atoms with Gasteiger partial charge in [-0.25, -0.2) is 0 Å². The van der Waals surface area contributed by atoms with Crippen molar-refractivity contribution in [1.29, 1.82) is 0 Å². The van der Waals surface area contributed by atoms with Crippen LogP contribution < -0.4 is 4.74 Å². The van der Waals surface area contributed by atoms with Crippen molar-refractivity contribution in [1.82, 2.24) is 9.47 Å². The Labute approximate surface area is 160 Å². The quantitative estimate of drug-likeness (QED) is 0.698. The van der Waals surface area contributed by atoms with Crippen LogP contribution in [-0.4, -0.2) is 47.6 Å². The van der Waals surface area contributed by atoms with Crippen molar-refractivity contribution in [3.8, 4) is 11.4 Å². The summed E-state index contributed by atoms with van der Waals surface area (Å²) in [6.07, 6.45) is 0. The molecule has 0 aliphatic heterocycles. The van der Waals surface area contributed by atoms with Crippen molar-refractivity contribution in [2.75, 3.05) is 20.3 Å². The highest BCUT2D eigenvalue weighted by atomic mass is 16.5.